The molecule has 2 rings (SSSR count). The largest absolute Gasteiger partial charge is 0.360 e. The summed E-state index contributed by atoms with van der Waals surface area (Å²) in [6.07, 6.45) is 0.885. The van der Waals surface area contributed by atoms with Crippen LogP contribution in [0.25, 0.3) is 10.6 Å². The molecule has 0 fully saturated rings. The van der Waals surface area contributed by atoms with E-state index in [2.05, 4.69) is 26.4 Å². The van der Waals surface area contributed by atoms with Crippen LogP contribution in [0.15, 0.2) is 20.4 Å². The maximum absolute atomic E-state index is 12.3. The van der Waals surface area contributed by atoms with Crippen LogP contribution in [0.3, 0.4) is 0 Å². The quantitative estimate of drug-likeness (QED) is 0.913. The van der Waals surface area contributed by atoms with Crippen molar-refractivity contribution in [3.05, 3.63) is 27.2 Å². The summed E-state index contributed by atoms with van der Waals surface area (Å²) in [5.74, 6) is 0.410. The van der Waals surface area contributed by atoms with Crippen molar-refractivity contribution in [1.82, 2.24) is 10.5 Å². The van der Waals surface area contributed by atoms with Gasteiger partial charge >= 0.3 is 0 Å². The molecule has 6 heteroatoms. The smallest absolute Gasteiger partial charge is 0.257 e. The minimum atomic E-state index is -0.132. The minimum absolute atomic E-state index is 0.129. The van der Waals surface area contributed by atoms with Crippen molar-refractivity contribution in [3.63, 3.8) is 0 Å². The summed E-state index contributed by atoms with van der Waals surface area (Å²) in [7, 11) is 0. The van der Waals surface area contributed by atoms with Gasteiger partial charge in [-0.1, -0.05) is 12.1 Å². The lowest BCUT2D eigenvalue weighted by molar-refractivity contribution is 0.0938. The number of hydrogen-bond acceptors (Lipinski definition) is 4. The number of amides is 1. The second-order valence-electron chi connectivity index (χ2n) is 4.35. The molecule has 2 aromatic heterocycles. The molecule has 0 aromatic carbocycles. The molecule has 0 spiro atoms. The molecule has 0 aliphatic carbocycles. The summed E-state index contributed by atoms with van der Waals surface area (Å²) in [6.45, 7) is 5.76. The third-order valence-electron chi connectivity index (χ3n) is 2.89. The fraction of sp³-hybridized carbons (Fsp3) is 0.385. The van der Waals surface area contributed by atoms with Gasteiger partial charge in [-0.3, -0.25) is 4.79 Å². The van der Waals surface area contributed by atoms with Crippen LogP contribution in [0.5, 0.6) is 0 Å². The molecule has 4 nitrogen and oxygen atoms in total. The summed E-state index contributed by atoms with van der Waals surface area (Å²) in [4.78, 5) is 13.2. The molecule has 1 N–H and O–H groups in total. The highest BCUT2D eigenvalue weighted by atomic mass is 79.9. The fourth-order valence-corrected chi connectivity index (χ4v) is 3.02. The van der Waals surface area contributed by atoms with Crippen molar-refractivity contribution in [2.75, 3.05) is 0 Å². The normalized spacial score (nSPS) is 12.4. The van der Waals surface area contributed by atoms with Crippen molar-refractivity contribution in [2.24, 2.45) is 0 Å². The van der Waals surface area contributed by atoms with E-state index in [-0.39, 0.29) is 11.9 Å². The van der Waals surface area contributed by atoms with E-state index >= 15 is 0 Å². The summed E-state index contributed by atoms with van der Waals surface area (Å²) >= 11 is 4.93. The van der Waals surface area contributed by atoms with Crippen molar-refractivity contribution in [2.45, 2.75) is 33.2 Å². The Morgan fingerprint density at radius 2 is 2.32 bits per heavy atom. The Hall–Kier alpha value is -1.14. The zero-order chi connectivity index (χ0) is 14.0. The van der Waals surface area contributed by atoms with E-state index in [0.29, 0.717) is 17.0 Å². The lowest BCUT2D eigenvalue weighted by atomic mass is 10.1. The number of nitrogens with zero attached hydrogens (tertiary/aromatic N) is 1. The first-order valence-corrected chi connectivity index (χ1v) is 7.66. The average Bonchev–Trinajstić information content (AvgIpc) is 2.95. The van der Waals surface area contributed by atoms with Gasteiger partial charge in [-0.05, 0) is 48.3 Å². The molecule has 0 saturated carbocycles. The Morgan fingerprint density at radius 3 is 2.89 bits per heavy atom. The maximum Gasteiger partial charge on any atom is 0.257 e. The number of aryl methyl sites for hydroxylation is 1. The molecule has 0 unspecified atom stereocenters. The van der Waals surface area contributed by atoms with Gasteiger partial charge < -0.3 is 9.84 Å². The van der Waals surface area contributed by atoms with E-state index in [1.54, 1.807) is 6.92 Å². The Kier molecular flexibility index (Phi) is 4.42. The molecule has 0 aliphatic rings. The third-order valence-corrected chi connectivity index (χ3v) is 4.52. The van der Waals surface area contributed by atoms with Crippen LogP contribution >= 0.6 is 27.3 Å². The maximum atomic E-state index is 12.3. The summed E-state index contributed by atoms with van der Waals surface area (Å²) in [6, 6.07) is 3.98. The number of carbonyl (C=O) groups excluding carboxylic acids is 1. The summed E-state index contributed by atoms with van der Waals surface area (Å²) < 4.78 is 6.17. The predicted octanol–water partition coefficient (Wildman–Crippen LogP) is 4.00. The van der Waals surface area contributed by atoms with Gasteiger partial charge in [-0.15, -0.1) is 11.3 Å². The molecular formula is C13H15BrN2O2S. The van der Waals surface area contributed by atoms with Crippen LogP contribution in [-0.4, -0.2) is 17.1 Å². The molecular weight excluding hydrogens is 328 g/mol. The second kappa shape index (κ2) is 5.88. The standard InChI is InChI=1S/C13H15BrN2O2S/c1-4-7(2)15-13(17)11-8(3)18-16-12(11)9-5-6-10(14)19-9/h5-7H,4H2,1-3H3,(H,15,17)/t7-/m1/s1. The Labute approximate surface area is 124 Å². The topological polar surface area (TPSA) is 55.1 Å². The minimum Gasteiger partial charge on any atom is -0.360 e. The van der Waals surface area contributed by atoms with E-state index in [1.165, 1.54) is 11.3 Å². The number of hydrogen-bond donors (Lipinski definition) is 1. The van der Waals surface area contributed by atoms with Crippen LogP contribution in [0, 0.1) is 6.92 Å². The highest BCUT2D eigenvalue weighted by molar-refractivity contribution is 9.11. The van der Waals surface area contributed by atoms with Crippen LogP contribution in [0.2, 0.25) is 0 Å². The number of nitrogens with one attached hydrogen (secondary N) is 1. The van der Waals surface area contributed by atoms with Crippen LogP contribution in [-0.2, 0) is 0 Å². The van der Waals surface area contributed by atoms with E-state index < -0.39 is 0 Å². The van der Waals surface area contributed by atoms with E-state index in [9.17, 15) is 4.79 Å². The molecule has 0 radical (unpaired) electrons. The molecule has 2 aromatic rings. The van der Waals surface area contributed by atoms with Crippen LogP contribution in [0.1, 0.15) is 36.4 Å². The van der Waals surface area contributed by atoms with Crippen molar-refractivity contribution in [3.8, 4) is 10.6 Å². The molecule has 2 heterocycles. The Morgan fingerprint density at radius 1 is 1.58 bits per heavy atom. The number of carbonyl (C=O) groups is 1. The highest BCUT2D eigenvalue weighted by Crippen LogP contribution is 2.33. The van der Waals surface area contributed by atoms with Gasteiger partial charge in [0, 0.05) is 6.04 Å². The molecule has 0 saturated heterocycles. The highest BCUT2D eigenvalue weighted by Gasteiger charge is 2.23. The van der Waals surface area contributed by atoms with Gasteiger partial charge in [0.05, 0.1) is 8.66 Å². The Bertz CT molecular complexity index is 591. The van der Waals surface area contributed by atoms with E-state index in [4.69, 9.17) is 4.52 Å². The summed E-state index contributed by atoms with van der Waals surface area (Å²) in [5, 5.41) is 6.95. The Balaban J connectivity index is 2.35. The lowest BCUT2D eigenvalue weighted by Gasteiger charge is -2.10. The zero-order valence-corrected chi connectivity index (χ0v) is 13.4. The van der Waals surface area contributed by atoms with Gasteiger partial charge in [0.1, 0.15) is 17.0 Å². The second-order valence-corrected chi connectivity index (χ2v) is 6.81. The van der Waals surface area contributed by atoms with Crippen LogP contribution < -0.4 is 5.32 Å². The molecule has 0 aliphatic heterocycles. The van der Waals surface area contributed by atoms with Gasteiger partial charge in [-0.2, -0.15) is 0 Å². The van der Waals surface area contributed by atoms with Crippen LogP contribution in [0.4, 0.5) is 0 Å². The zero-order valence-electron chi connectivity index (χ0n) is 11.0. The summed E-state index contributed by atoms with van der Waals surface area (Å²) in [5.41, 5.74) is 1.13. The predicted molar refractivity (Wildman–Crippen MR) is 79.5 cm³/mol. The first-order valence-electron chi connectivity index (χ1n) is 6.05. The van der Waals surface area contributed by atoms with Crippen molar-refractivity contribution >= 4 is 33.2 Å². The molecule has 19 heavy (non-hydrogen) atoms. The van der Waals surface area contributed by atoms with E-state index in [0.717, 1.165) is 15.1 Å². The fourth-order valence-electron chi connectivity index (χ4n) is 1.65. The first-order chi connectivity index (χ1) is 9.02. The van der Waals surface area contributed by atoms with Crippen molar-refractivity contribution in [1.29, 1.82) is 0 Å². The molecule has 0 bridgehead atoms. The van der Waals surface area contributed by atoms with Gasteiger partial charge in [0.2, 0.25) is 0 Å². The molecule has 1 amide bonds. The van der Waals surface area contributed by atoms with Gasteiger partial charge in [-0.25, -0.2) is 0 Å². The number of thiophene rings is 1. The number of aromatic nitrogens is 1. The number of halogens is 1. The van der Waals surface area contributed by atoms with Gasteiger partial charge in [0.25, 0.3) is 5.91 Å². The lowest BCUT2D eigenvalue weighted by Crippen LogP contribution is -2.32. The van der Waals surface area contributed by atoms with Crippen molar-refractivity contribution < 1.29 is 9.32 Å². The molecule has 1 atom stereocenters. The SMILES string of the molecule is CC[C@@H](C)NC(=O)c1c(-c2ccc(Br)s2)noc1C. The van der Waals surface area contributed by atoms with E-state index in [1.807, 2.05) is 26.0 Å². The van der Waals surface area contributed by atoms with Gasteiger partial charge in [0.15, 0.2) is 0 Å². The molecule has 102 valence electrons. The third kappa shape index (κ3) is 3.06. The number of rotatable bonds is 4. The average molecular weight is 343 g/mol. The monoisotopic (exact) mass is 342 g/mol. The first kappa shape index (κ1) is 14.3.